The molecule has 0 fully saturated rings. The van der Waals surface area contributed by atoms with Crippen LogP contribution in [0.25, 0.3) is 0 Å². The van der Waals surface area contributed by atoms with Crippen LogP contribution in [0, 0.1) is 0 Å². The van der Waals surface area contributed by atoms with E-state index in [1.807, 2.05) is 6.26 Å². The van der Waals surface area contributed by atoms with Gasteiger partial charge in [-0.05, 0) is 24.8 Å². The normalized spacial score (nSPS) is 11.9. The fraction of sp³-hybridized carbons (Fsp3) is 0.538. The molecule has 1 heterocycles. The van der Waals surface area contributed by atoms with Crippen LogP contribution in [0.5, 0.6) is 0 Å². The number of thioether (sulfide) groups is 1. The zero-order valence-corrected chi connectivity index (χ0v) is 12.0. The Morgan fingerprint density at radius 3 is 3.00 bits per heavy atom. The maximum Gasteiger partial charge on any atom is 0.251 e. The molecule has 0 spiro atoms. The van der Waals surface area contributed by atoms with Crippen LogP contribution < -0.4 is 10.6 Å². The first-order valence-electron chi connectivity index (χ1n) is 6.18. The minimum absolute atomic E-state index is 0.0437. The lowest BCUT2D eigenvalue weighted by atomic mass is 10.2. The van der Waals surface area contributed by atoms with Crippen LogP contribution in [-0.4, -0.2) is 35.5 Å². The predicted molar refractivity (Wildman–Crippen MR) is 78.3 cm³/mol. The molecule has 1 aromatic rings. The van der Waals surface area contributed by atoms with Crippen molar-refractivity contribution in [2.75, 3.05) is 24.7 Å². The molecule has 0 aliphatic heterocycles. The van der Waals surface area contributed by atoms with E-state index in [2.05, 4.69) is 29.5 Å². The number of hydrogen-bond acceptors (Lipinski definition) is 4. The van der Waals surface area contributed by atoms with Gasteiger partial charge in [-0.3, -0.25) is 4.79 Å². The minimum Gasteiger partial charge on any atom is -0.370 e. The molecule has 0 aliphatic carbocycles. The van der Waals surface area contributed by atoms with Crippen molar-refractivity contribution in [1.29, 1.82) is 0 Å². The van der Waals surface area contributed by atoms with Crippen LogP contribution >= 0.6 is 11.8 Å². The number of anilines is 1. The van der Waals surface area contributed by atoms with Crippen LogP contribution in [0.1, 0.15) is 30.6 Å². The summed E-state index contributed by atoms with van der Waals surface area (Å²) in [6.07, 6.45) is 4.73. The van der Waals surface area contributed by atoms with E-state index in [0.717, 1.165) is 18.8 Å². The van der Waals surface area contributed by atoms with Gasteiger partial charge >= 0.3 is 0 Å². The summed E-state index contributed by atoms with van der Waals surface area (Å²) in [4.78, 5) is 16.1. The average Bonchev–Trinajstić information content (AvgIpc) is 2.42. The fourth-order valence-corrected chi connectivity index (χ4v) is 1.59. The van der Waals surface area contributed by atoms with Crippen LogP contribution in [0.2, 0.25) is 0 Å². The number of nitrogens with zero attached hydrogens (tertiary/aromatic N) is 1. The molecule has 1 atom stereocenters. The maximum atomic E-state index is 11.9. The van der Waals surface area contributed by atoms with Crippen molar-refractivity contribution in [3.05, 3.63) is 23.9 Å². The number of hydrogen-bond donors (Lipinski definition) is 2. The Morgan fingerprint density at radius 2 is 2.33 bits per heavy atom. The summed E-state index contributed by atoms with van der Waals surface area (Å²) in [7, 11) is 0. The lowest BCUT2D eigenvalue weighted by Crippen LogP contribution is -2.29. The molecule has 0 bridgehead atoms. The molecule has 1 unspecified atom stereocenters. The first kappa shape index (κ1) is 14.8. The largest absolute Gasteiger partial charge is 0.370 e. The highest BCUT2D eigenvalue weighted by Gasteiger charge is 2.08. The lowest BCUT2D eigenvalue weighted by Gasteiger charge is -2.10. The van der Waals surface area contributed by atoms with Gasteiger partial charge in [-0.2, -0.15) is 11.8 Å². The molecule has 0 saturated carbocycles. The number of rotatable bonds is 7. The molecule has 0 aromatic carbocycles. The highest BCUT2D eigenvalue weighted by Crippen LogP contribution is 2.08. The minimum atomic E-state index is -0.0437. The van der Waals surface area contributed by atoms with Gasteiger partial charge in [0.2, 0.25) is 0 Å². The zero-order chi connectivity index (χ0) is 13.4. The number of pyridine rings is 1. The lowest BCUT2D eigenvalue weighted by molar-refractivity contribution is 0.0954. The fourth-order valence-electron chi connectivity index (χ4n) is 1.34. The monoisotopic (exact) mass is 267 g/mol. The van der Waals surface area contributed by atoms with E-state index in [4.69, 9.17) is 0 Å². The first-order chi connectivity index (χ1) is 8.67. The van der Waals surface area contributed by atoms with E-state index in [1.54, 1.807) is 30.1 Å². The van der Waals surface area contributed by atoms with E-state index in [1.165, 1.54) is 0 Å². The molecule has 1 amide bonds. The van der Waals surface area contributed by atoms with Gasteiger partial charge in [0.1, 0.15) is 5.82 Å². The van der Waals surface area contributed by atoms with Crippen molar-refractivity contribution in [2.24, 2.45) is 0 Å². The number of amides is 1. The van der Waals surface area contributed by atoms with E-state index < -0.39 is 0 Å². The second-order valence-electron chi connectivity index (χ2n) is 4.11. The Morgan fingerprint density at radius 1 is 1.56 bits per heavy atom. The Kier molecular flexibility index (Phi) is 6.57. The smallest absolute Gasteiger partial charge is 0.251 e. The summed E-state index contributed by atoms with van der Waals surface area (Å²) in [5.74, 6) is 0.709. The van der Waals surface area contributed by atoms with Crippen molar-refractivity contribution in [1.82, 2.24) is 10.3 Å². The molecular weight excluding hydrogens is 246 g/mol. The van der Waals surface area contributed by atoms with Crippen molar-refractivity contribution in [3.63, 3.8) is 0 Å². The predicted octanol–water partition coefficient (Wildman–Crippen LogP) is 2.38. The van der Waals surface area contributed by atoms with Gasteiger partial charge in [-0.1, -0.05) is 13.8 Å². The summed E-state index contributed by atoms with van der Waals surface area (Å²) in [5.41, 5.74) is 0.650. The van der Waals surface area contributed by atoms with Gasteiger partial charge in [0, 0.05) is 30.1 Å². The topological polar surface area (TPSA) is 54.0 Å². The molecule has 2 N–H and O–H groups in total. The molecule has 0 saturated heterocycles. The van der Waals surface area contributed by atoms with Gasteiger partial charge in [-0.25, -0.2) is 4.98 Å². The average molecular weight is 267 g/mol. The van der Waals surface area contributed by atoms with Crippen molar-refractivity contribution in [3.8, 4) is 0 Å². The molecule has 1 rings (SSSR count). The molecule has 1 aromatic heterocycles. The van der Waals surface area contributed by atoms with Gasteiger partial charge < -0.3 is 10.6 Å². The number of carbonyl (C=O) groups excluding carboxylic acids is 1. The summed E-state index contributed by atoms with van der Waals surface area (Å²) >= 11 is 1.74. The molecule has 0 aliphatic rings. The molecule has 0 radical (unpaired) electrons. The summed E-state index contributed by atoms with van der Waals surface area (Å²) < 4.78 is 0. The highest BCUT2D eigenvalue weighted by atomic mass is 32.2. The van der Waals surface area contributed by atoms with E-state index in [0.29, 0.717) is 17.4 Å². The van der Waals surface area contributed by atoms with Crippen LogP contribution in [0.4, 0.5) is 5.82 Å². The van der Waals surface area contributed by atoms with Gasteiger partial charge in [0.25, 0.3) is 5.91 Å². The second-order valence-corrected chi connectivity index (χ2v) is 5.39. The third-order valence-electron chi connectivity index (χ3n) is 2.53. The Labute approximate surface area is 113 Å². The number of aromatic nitrogens is 1. The maximum absolute atomic E-state index is 11.9. The summed E-state index contributed by atoms with van der Waals surface area (Å²) in [5, 5.41) is 6.51. The van der Waals surface area contributed by atoms with Crippen molar-refractivity contribution in [2.45, 2.75) is 25.5 Å². The van der Waals surface area contributed by atoms with Gasteiger partial charge in [0.15, 0.2) is 0 Å². The third-order valence-corrected chi connectivity index (χ3v) is 3.50. The number of carbonyl (C=O) groups is 1. The molecule has 5 heteroatoms. The van der Waals surface area contributed by atoms with Crippen LogP contribution in [0.3, 0.4) is 0 Å². The first-order valence-corrected chi connectivity index (χ1v) is 7.47. The Hall–Kier alpha value is -1.23. The van der Waals surface area contributed by atoms with Crippen LogP contribution in [-0.2, 0) is 0 Å². The molecule has 18 heavy (non-hydrogen) atoms. The second kappa shape index (κ2) is 7.97. The summed E-state index contributed by atoms with van der Waals surface area (Å²) in [6, 6.07) is 3.52. The zero-order valence-electron chi connectivity index (χ0n) is 11.2. The third kappa shape index (κ3) is 4.96. The Bertz CT molecular complexity index is 384. The van der Waals surface area contributed by atoms with E-state index in [9.17, 15) is 4.79 Å². The standard InChI is InChI=1S/C13H21N3OS/c1-4-6-14-12-8-11(5-7-15-12)13(17)16-9-10(2)18-3/h5,7-8,10H,4,6,9H2,1-3H3,(H,14,15)(H,16,17). The Balaban J connectivity index is 2.56. The quantitative estimate of drug-likeness (QED) is 0.796. The molecule has 100 valence electrons. The van der Waals surface area contributed by atoms with Crippen molar-refractivity contribution >= 4 is 23.5 Å². The van der Waals surface area contributed by atoms with Crippen LogP contribution in [0.15, 0.2) is 18.3 Å². The molecular formula is C13H21N3OS. The SMILES string of the molecule is CCCNc1cc(C(=O)NCC(C)SC)ccn1. The number of nitrogens with one attached hydrogen (secondary N) is 2. The summed E-state index contributed by atoms with van der Waals surface area (Å²) in [6.45, 7) is 5.72. The highest BCUT2D eigenvalue weighted by molar-refractivity contribution is 7.99. The van der Waals surface area contributed by atoms with Crippen molar-refractivity contribution < 1.29 is 4.79 Å². The van der Waals surface area contributed by atoms with E-state index in [-0.39, 0.29) is 5.91 Å². The van der Waals surface area contributed by atoms with Gasteiger partial charge in [0.05, 0.1) is 0 Å². The van der Waals surface area contributed by atoms with Gasteiger partial charge in [-0.15, -0.1) is 0 Å². The van der Waals surface area contributed by atoms with E-state index >= 15 is 0 Å². The molecule has 4 nitrogen and oxygen atoms in total.